The molecule has 1 fully saturated rings. The monoisotopic (exact) mass is 252 g/mol. The number of aliphatic hydroxyl groups excluding tert-OH is 1. The maximum absolute atomic E-state index is 13.8. The van der Waals surface area contributed by atoms with Crippen LogP contribution < -0.4 is 10.2 Å². The van der Waals surface area contributed by atoms with Crippen LogP contribution in [0.1, 0.15) is 13.3 Å². The summed E-state index contributed by atoms with van der Waals surface area (Å²) in [4.78, 5) is 2.08. The first-order chi connectivity index (χ1) is 8.70. The van der Waals surface area contributed by atoms with E-state index >= 15 is 0 Å². The lowest BCUT2D eigenvalue weighted by Crippen LogP contribution is -2.38. The number of benzene rings is 1. The molecule has 1 aliphatic rings. The van der Waals surface area contributed by atoms with Crippen molar-refractivity contribution in [2.45, 2.75) is 19.4 Å². The van der Waals surface area contributed by atoms with Crippen LogP contribution in [0.25, 0.3) is 0 Å². The van der Waals surface area contributed by atoms with Crippen molar-refractivity contribution in [2.24, 2.45) is 5.92 Å². The Labute approximate surface area is 108 Å². The van der Waals surface area contributed by atoms with E-state index in [-0.39, 0.29) is 18.5 Å². The summed E-state index contributed by atoms with van der Waals surface area (Å²) in [6.07, 6.45) is 0.706. The molecule has 2 unspecified atom stereocenters. The van der Waals surface area contributed by atoms with Gasteiger partial charge in [-0.15, -0.1) is 0 Å². The minimum absolute atomic E-state index is 0.164. The normalized spacial score (nSPS) is 24.9. The van der Waals surface area contributed by atoms with Crippen LogP contribution in [-0.4, -0.2) is 37.4 Å². The van der Waals surface area contributed by atoms with Gasteiger partial charge in [-0.3, -0.25) is 0 Å². The molecule has 2 N–H and O–H groups in total. The van der Waals surface area contributed by atoms with E-state index in [1.165, 1.54) is 6.07 Å². The summed E-state index contributed by atoms with van der Waals surface area (Å²) >= 11 is 0. The van der Waals surface area contributed by atoms with Crippen LogP contribution in [0.15, 0.2) is 24.3 Å². The van der Waals surface area contributed by atoms with E-state index in [9.17, 15) is 4.39 Å². The molecule has 1 saturated heterocycles. The van der Waals surface area contributed by atoms with Gasteiger partial charge in [-0.05, 0) is 31.0 Å². The second kappa shape index (κ2) is 6.16. The molecule has 0 spiro atoms. The molecule has 100 valence electrons. The zero-order valence-electron chi connectivity index (χ0n) is 10.8. The average molecular weight is 252 g/mol. The molecule has 1 aromatic carbocycles. The zero-order valence-corrected chi connectivity index (χ0v) is 10.8. The zero-order chi connectivity index (χ0) is 13.0. The first-order valence-corrected chi connectivity index (χ1v) is 6.54. The highest BCUT2D eigenvalue weighted by molar-refractivity contribution is 5.48. The number of anilines is 1. The second-order valence-electron chi connectivity index (χ2n) is 5.08. The summed E-state index contributed by atoms with van der Waals surface area (Å²) in [5.41, 5.74) is 0.663. The molecule has 0 radical (unpaired) electrons. The largest absolute Gasteiger partial charge is 0.396 e. The summed E-state index contributed by atoms with van der Waals surface area (Å²) in [6.45, 7) is 4.82. The average Bonchev–Trinajstić information content (AvgIpc) is 2.53. The Morgan fingerprint density at radius 1 is 1.39 bits per heavy atom. The Bertz CT molecular complexity index is 386. The van der Waals surface area contributed by atoms with Crippen LogP contribution in [-0.2, 0) is 0 Å². The predicted octanol–water partition coefficient (Wildman–Crippen LogP) is 1.62. The van der Waals surface area contributed by atoms with Crippen LogP contribution in [0.5, 0.6) is 0 Å². The van der Waals surface area contributed by atoms with Crippen molar-refractivity contribution in [1.82, 2.24) is 5.32 Å². The van der Waals surface area contributed by atoms with Gasteiger partial charge < -0.3 is 15.3 Å². The summed E-state index contributed by atoms with van der Waals surface area (Å²) < 4.78 is 13.8. The lowest BCUT2D eigenvalue weighted by molar-refractivity contribution is 0.266. The molecule has 4 heteroatoms. The molecule has 1 heterocycles. The molecule has 3 nitrogen and oxygen atoms in total. The molecule has 1 aliphatic heterocycles. The van der Waals surface area contributed by atoms with Gasteiger partial charge in [0.25, 0.3) is 0 Å². The molecule has 18 heavy (non-hydrogen) atoms. The van der Waals surface area contributed by atoms with Crippen molar-refractivity contribution in [3.8, 4) is 0 Å². The molecule has 1 aromatic rings. The minimum Gasteiger partial charge on any atom is -0.396 e. The third-order valence-electron chi connectivity index (χ3n) is 3.40. The lowest BCUT2D eigenvalue weighted by atomic mass is 10.1. The highest BCUT2D eigenvalue weighted by atomic mass is 19.1. The number of nitrogens with one attached hydrogen (secondary N) is 1. The van der Waals surface area contributed by atoms with Gasteiger partial charge in [-0.1, -0.05) is 19.1 Å². The van der Waals surface area contributed by atoms with Gasteiger partial charge in [0, 0.05) is 25.7 Å². The van der Waals surface area contributed by atoms with Crippen LogP contribution in [0.3, 0.4) is 0 Å². The van der Waals surface area contributed by atoms with Crippen molar-refractivity contribution in [2.75, 3.05) is 31.1 Å². The number of halogens is 1. The fraction of sp³-hybridized carbons (Fsp3) is 0.571. The predicted molar refractivity (Wildman–Crippen MR) is 71.3 cm³/mol. The molecule has 0 amide bonds. The van der Waals surface area contributed by atoms with E-state index < -0.39 is 0 Å². The van der Waals surface area contributed by atoms with E-state index in [0.717, 1.165) is 19.6 Å². The van der Waals surface area contributed by atoms with E-state index in [0.29, 0.717) is 18.0 Å². The summed E-state index contributed by atoms with van der Waals surface area (Å²) in [6, 6.07) is 7.12. The summed E-state index contributed by atoms with van der Waals surface area (Å²) in [5.74, 6) is 0.294. The maximum Gasteiger partial charge on any atom is 0.146 e. The SMILES string of the molecule is CC1CNC(CCO)CN(c2ccccc2F)C1. The van der Waals surface area contributed by atoms with E-state index in [1.807, 2.05) is 12.1 Å². The van der Waals surface area contributed by atoms with Gasteiger partial charge in [0.05, 0.1) is 5.69 Å². The fourth-order valence-electron chi connectivity index (χ4n) is 2.47. The third kappa shape index (κ3) is 3.21. The molecule has 2 atom stereocenters. The molecule has 0 bridgehead atoms. The number of para-hydroxylation sites is 1. The van der Waals surface area contributed by atoms with Gasteiger partial charge in [0.2, 0.25) is 0 Å². The van der Waals surface area contributed by atoms with Gasteiger partial charge >= 0.3 is 0 Å². The van der Waals surface area contributed by atoms with Crippen molar-refractivity contribution >= 4 is 5.69 Å². The maximum atomic E-state index is 13.8. The van der Waals surface area contributed by atoms with Gasteiger partial charge in [-0.25, -0.2) is 4.39 Å². The first kappa shape index (κ1) is 13.3. The number of hydrogen-bond donors (Lipinski definition) is 2. The smallest absolute Gasteiger partial charge is 0.146 e. The summed E-state index contributed by atoms with van der Waals surface area (Å²) in [7, 11) is 0. The van der Waals surface area contributed by atoms with Crippen molar-refractivity contribution in [3.05, 3.63) is 30.1 Å². The quantitative estimate of drug-likeness (QED) is 0.858. The number of nitrogens with zero attached hydrogens (tertiary/aromatic N) is 1. The van der Waals surface area contributed by atoms with Crippen LogP contribution in [0.4, 0.5) is 10.1 Å². The molecule has 0 aliphatic carbocycles. The Morgan fingerprint density at radius 2 is 2.17 bits per heavy atom. The van der Waals surface area contributed by atoms with E-state index in [2.05, 4.69) is 17.1 Å². The van der Waals surface area contributed by atoms with Crippen LogP contribution in [0.2, 0.25) is 0 Å². The van der Waals surface area contributed by atoms with E-state index in [4.69, 9.17) is 5.11 Å². The number of rotatable bonds is 3. The highest BCUT2D eigenvalue weighted by Gasteiger charge is 2.22. The molecule has 2 rings (SSSR count). The van der Waals surface area contributed by atoms with E-state index in [1.54, 1.807) is 6.07 Å². The minimum atomic E-state index is -0.172. The Hall–Kier alpha value is -1.13. The molecule has 0 saturated carbocycles. The highest BCUT2D eigenvalue weighted by Crippen LogP contribution is 2.21. The first-order valence-electron chi connectivity index (χ1n) is 6.54. The fourth-order valence-corrected chi connectivity index (χ4v) is 2.47. The van der Waals surface area contributed by atoms with Crippen LogP contribution in [0, 0.1) is 11.7 Å². The Morgan fingerprint density at radius 3 is 2.89 bits per heavy atom. The van der Waals surface area contributed by atoms with Crippen molar-refractivity contribution in [1.29, 1.82) is 0 Å². The van der Waals surface area contributed by atoms with Gasteiger partial charge in [0.15, 0.2) is 0 Å². The molecular formula is C14H21FN2O. The van der Waals surface area contributed by atoms with Crippen LogP contribution >= 0.6 is 0 Å². The standard InChI is InChI=1S/C14H21FN2O/c1-11-8-16-12(6-7-18)10-17(9-11)14-5-3-2-4-13(14)15/h2-5,11-12,16,18H,6-10H2,1H3. The second-order valence-corrected chi connectivity index (χ2v) is 5.08. The topological polar surface area (TPSA) is 35.5 Å². The number of aliphatic hydroxyl groups is 1. The summed E-state index contributed by atoms with van der Waals surface area (Å²) in [5, 5.41) is 12.5. The molecule has 0 aromatic heterocycles. The third-order valence-corrected chi connectivity index (χ3v) is 3.40. The Kier molecular flexibility index (Phi) is 4.55. The van der Waals surface area contributed by atoms with Gasteiger partial charge in [-0.2, -0.15) is 0 Å². The number of hydrogen-bond acceptors (Lipinski definition) is 3. The van der Waals surface area contributed by atoms with Crippen molar-refractivity contribution in [3.63, 3.8) is 0 Å². The van der Waals surface area contributed by atoms with Gasteiger partial charge in [0.1, 0.15) is 5.82 Å². The van der Waals surface area contributed by atoms with Crippen molar-refractivity contribution < 1.29 is 9.50 Å². The molecular weight excluding hydrogens is 231 g/mol. The Balaban J connectivity index is 2.16. The lowest BCUT2D eigenvalue weighted by Gasteiger charge is -2.27.